The molecule has 0 saturated heterocycles. The summed E-state index contributed by atoms with van der Waals surface area (Å²) in [5.74, 6) is -0.328. The number of aliphatic hydroxyl groups is 1. The summed E-state index contributed by atoms with van der Waals surface area (Å²) < 4.78 is 25.6. The van der Waals surface area contributed by atoms with Gasteiger partial charge in [-0.1, -0.05) is 47.5 Å². The average molecular weight is 316 g/mol. The number of rotatable bonds is 4. The zero-order valence-corrected chi connectivity index (χ0v) is 13.5. The van der Waals surface area contributed by atoms with Crippen LogP contribution >= 0.6 is 0 Å². The normalized spacial score (nSPS) is 24.2. The molecule has 1 aliphatic rings. The lowest BCUT2D eigenvalue weighted by Gasteiger charge is -2.05. The van der Waals surface area contributed by atoms with Crippen molar-refractivity contribution in [1.82, 2.24) is 0 Å². The molecule has 1 fully saturated rings. The summed E-state index contributed by atoms with van der Waals surface area (Å²) in [4.78, 5) is 0.344. The number of sulfone groups is 1. The highest BCUT2D eigenvalue weighted by Crippen LogP contribution is 2.53. The molecule has 2 aromatic rings. The van der Waals surface area contributed by atoms with E-state index in [1.54, 1.807) is 12.1 Å². The minimum absolute atomic E-state index is 0.103. The number of aryl methyl sites for hydroxylation is 2. The highest BCUT2D eigenvalue weighted by atomic mass is 32.2. The quantitative estimate of drug-likeness (QED) is 0.943. The Bertz CT molecular complexity index is 761. The average Bonchev–Trinajstić information content (AvgIpc) is 3.24. The van der Waals surface area contributed by atoms with Crippen LogP contribution in [0.15, 0.2) is 53.4 Å². The van der Waals surface area contributed by atoms with Crippen LogP contribution in [-0.4, -0.2) is 25.4 Å². The van der Waals surface area contributed by atoms with Crippen molar-refractivity contribution >= 4 is 9.84 Å². The first kappa shape index (κ1) is 15.3. The van der Waals surface area contributed by atoms with Gasteiger partial charge < -0.3 is 5.11 Å². The predicted octanol–water partition coefficient (Wildman–Crippen LogP) is 2.85. The van der Waals surface area contributed by atoms with Crippen LogP contribution < -0.4 is 0 Å². The van der Waals surface area contributed by atoms with Crippen molar-refractivity contribution < 1.29 is 13.5 Å². The second-order valence-electron chi connectivity index (χ2n) is 6.11. The molecule has 1 aliphatic carbocycles. The Balaban J connectivity index is 1.93. The fourth-order valence-electron chi connectivity index (χ4n) is 3.09. The van der Waals surface area contributed by atoms with Gasteiger partial charge in [0.1, 0.15) is 0 Å². The van der Waals surface area contributed by atoms with Gasteiger partial charge in [-0.05, 0) is 31.5 Å². The zero-order valence-electron chi connectivity index (χ0n) is 12.7. The molecule has 3 atom stereocenters. The lowest BCUT2D eigenvalue weighted by molar-refractivity contribution is 0.274. The molecule has 3 nitrogen and oxygen atoms in total. The van der Waals surface area contributed by atoms with Gasteiger partial charge in [0.15, 0.2) is 9.84 Å². The maximum atomic E-state index is 12.8. The largest absolute Gasteiger partial charge is 0.396 e. The van der Waals surface area contributed by atoms with Gasteiger partial charge >= 0.3 is 0 Å². The predicted molar refractivity (Wildman–Crippen MR) is 86.6 cm³/mol. The summed E-state index contributed by atoms with van der Waals surface area (Å²) in [7, 11) is -3.41. The van der Waals surface area contributed by atoms with Crippen LogP contribution in [0, 0.1) is 19.8 Å². The molecule has 1 N–H and O–H groups in total. The molecule has 0 heterocycles. The minimum atomic E-state index is -3.41. The molecule has 0 radical (unpaired) electrons. The Labute approximate surface area is 131 Å². The molecule has 2 aromatic carbocycles. The molecular weight excluding hydrogens is 296 g/mol. The van der Waals surface area contributed by atoms with Gasteiger partial charge in [0.05, 0.1) is 10.1 Å². The topological polar surface area (TPSA) is 54.4 Å². The molecule has 0 aromatic heterocycles. The van der Waals surface area contributed by atoms with Gasteiger partial charge in [0.25, 0.3) is 0 Å². The maximum absolute atomic E-state index is 12.8. The van der Waals surface area contributed by atoms with Gasteiger partial charge in [-0.2, -0.15) is 0 Å². The summed E-state index contributed by atoms with van der Waals surface area (Å²) in [6.07, 6.45) is 0. The van der Waals surface area contributed by atoms with Gasteiger partial charge in [-0.15, -0.1) is 0 Å². The van der Waals surface area contributed by atoms with E-state index < -0.39 is 15.1 Å². The third-order valence-electron chi connectivity index (χ3n) is 4.48. The van der Waals surface area contributed by atoms with Crippen LogP contribution in [0.25, 0.3) is 0 Å². The number of hydrogen-bond acceptors (Lipinski definition) is 3. The maximum Gasteiger partial charge on any atom is 0.182 e. The number of hydrogen-bond donors (Lipinski definition) is 1. The highest BCUT2D eigenvalue weighted by molar-refractivity contribution is 7.92. The molecule has 0 amide bonds. The van der Waals surface area contributed by atoms with Crippen LogP contribution in [0.2, 0.25) is 0 Å². The molecule has 0 bridgehead atoms. The fourth-order valence-corrected chi connectivity index (χ4v) is 5.29. The first-order valence-corrected chi connectivity index (χ1v) is 8.98. The van der Waals surface area contributed by atoms with Gasteiger partial charge in [-0.25, -0.2) is 8.42 Å². The van der Waals surface area contributed by atoms with Crippen molar-refractivity contribution in [3.63, 3.8) is 0 Å². The van der Waals surface area contributed by atoms with E-state index >= 15 is 0 Å². The molecule has 0 unspecified atom stereocenters. The molecule has 3 rings (SSSR count). The molecule has 1 saturated carbocycles. The van der Waals surface area contributed by atoms with Crippen molar-refractivity contribution in [3.05, 3.63) is 65.2 Å². The van der Waals surface area contributed by atoms with E-state index in [4.69, 9.17) is 0 Å². The SMILES string of the molecule is Cc1ccc([C@@H]2[C@@H](CO)[C@@H]2S(=O)(=O)c2ccc(C)cc2)cc1. The highest BCUT2D eigenvalue weighted by Gasteiger charge is 2.58. The Morgan fingerprint density at radius 1 is 0.909 bits per heavy atom. The second kappa shape index (κ2) is 5.52. The van der Waals surface area contributed by atoms with E-state index in [0.29, 0.717) is 4.90 Å². The zero-order chi connectivity index (χ0) is 15.9. The summed E-state index contributed by atoms with van der Waals surface area (Å²) in [5.41, 5.74) is 3.16. The van der Waals surface area contributed by atoms with Gasteiger partial charge in [0.2, 0.25) is 0 Å². The summed E-state index contributed by atoms with van der Waals surface area (Å²) in [6.45, 7) is 3.83. The fraction of sp³-hybridized carbons (Fsp3) is 0.333. The van der Waals surface area contributed by atoms with Crippen molar-refractivity contribution in [2.24, 2.45) is 5.92 Å². The van der Waals surface area contributed by atoms with Crippen molar-refractivity contribution in [2.75, 3.05) is 6.61 Å². The van der Waals surface area contributed by atoms with Crippen LogP contribution in [0.3, 0.4) is 0 Å². The van der Waals surface area contributed by atoms with Crippen LogP contribution in [0.5, 0.6) is 0 Å². The van der Waals surface area contributed by atoms with E-state index in [0.717, 1.165) is 16.7 Å². The summed E-state index contributed by atoms with van der Waals surface area (Å²) in [5, 5.41) is 9.03. The van der Waals surface area contributed by atoms with E-state index in [1.165, 1.54) is 0 Å². The molecule has 116 valence electrons. The lowest BCUT2D eigenvalue weighted by atomic mass is 10.1. The monoisotopic (exact) mass is 316 g/mol. The minimum Gasteiger partial charge on any atom is -0.396 e. The third kappa shape index (κ3) is 2.57. The van der Waals surface area contributed by atoms with Crippen LogP contribution in [0.1, 0.15) is 22.6 Å². The second-order valence-corrected chi connectivity index (χ2v) is 8.21. The van der Waals surface area contributed by atoms with Gasteiger partial charge in [0, 0.05) is 18.4 Å². The third-order valence-corrected chi connectivity index (χ3v) is 6.77. The van der Waals surface area contributed by atoms with E-state index in [1.807, 2.05) is 50.2 Å². The van der Waals surface area contributed by atoms with Crippen molar-refractivity contribution in [3.8, 4) is 0 Å². The Kier molecular flexibility index (Phi) is 3.83. The number of benzene rings is 2. The first-order valence-electron chi connectivity index (χ1n) is 7.43. The Morgan fingerprint density at radius 2 is 1.41 bits per heavy atom. The van der Waals surface area contributed by atoms with Crippen LogP contribution in [-0.2, 0) is 9.84 Å². The Morgan fingerprint density at radius 3 is 1.91 bits per heavy atom. The standard InChI is InChI=1S/C18H20O3S/c1-12-3-7-14(8-4-12)17-16(11-19)18(17)22(20,21)15-9-5-13(2)6-10-15/h3-10,16-19H,11H2,1-2H3/t16-,17-,18+/m1/s1. The summed E-state index contributed by atoms with van der Waals surface area (Å²) >= 11 is 0. The molecule has 22 heavy (non-hydrogen) atoms. The van der Waals surface area contributed by atoms with Crippen molar-refractivity contribution in [2.45, 2.75) is 29.9 Å². The molecule has 4 heteroatoms. The van der Waals surface area contributed by atoms with Crippen molar-refractivity contribution in [1.29, 1.82) is 0 Å². The van der Waals surface area contributed by atoms with E-state index in [2.05, 4.69) is 0 Å². The lowest BCUT2D eigenvalue weighted by Crippen LogP contribution is -2.11. The molecule has 0 aliphatic heterocycles. The molecular formula is C18H20O3S. The Hall–Kier alpha value is -1.65. The van der Waals surface area contributed by atoms with Gasteiger partial charge in [-0.3, -0.25) is 0 Å². The molecule has 0 spiro atoms. The van der Waals surface area contributed by atoms with Crippen LogP contribution in [0.4, 0.5) is 0 Å². The smallest absolute Gasteiger partial charge is 0.182 e. The van der Waals surface area contributed by atoms with E-state index in [-0.39, 0.29) is 18.4 Å². The number of aliphatic hydroxyl groups excluding tert-OH is 1. The first-order chi connectivity index (χ1) is 10.4. The summed E-state index contributed by atoms with van der Waals surface area (Å²) in [6, 6.07) is 14.8. The van der Waals surface area contributed by atoms with E-state index in [9.17, 15) is 13.5 Å².